The first-order valence-electron chi connectivity index (χ1n) is 9.80. The molecule has 0 unspecified atom stereocenters. The van der Waals surface area contributed by atoms with Gasteiger partial charge < -0.3 is 14.5 Å². The molecule has 2 aromatic carbocycles. The topological polar surface area (TPSA) is 58.6 Å². The van der Waals surface area contributed by atoms with E-state index in [1.165, 1.54) is 24.3 Å². The SMILES string of the molecule is O=C(COc1cc(Cl)c(Cl)cc1Cl)N1CCN(c2ccc(-c3ccc(F)cc3)nn2)CC1. The summed E-state index contributed by atoms with van der Waals surface area (Å²) in [7, 11) is 0. The zero-order valence-electron chi connectivity index (χ0n) is 16.8. The smallest absolute Gasteiger partial charge is 0.260 e. The standard InChI is InChI=1S/C22H18Cl3FN4O2/c23-16-11-18(25)20(12-17(16)24)32-13-22(31)30-9-7-29(8-10-30)21-6-5-19(27-28-21)14-1-3-15(26)4-2-14/h1-6,11-12H,7-10,13H2. The quantitative estimate of drug-likeness (QED) is 0.468. The summed E-state index contributed by atoms with van der Waals surface area (Å²) in [5.74, 6) is 0.590. The second kappa shape index (κ2) is 9.90. The monoisotopic (exact) mass is 494 g/mol. The molecule has 6 nitrogen and oxygen atoms in total. The van der Waals surface area contributed by atoms with Crippen LogP contribution in [0.4, 0.5) is 10.2 Å². The second-order valence-electron chi connectivity index (χ2n) is 7.14. The molecule has 4 rings (SSSR count). The minimum absolute atomic E-state index is 0.149. The summed E-state index contributed by atoms with van der Waals surface area (Å²) in [5.41, 5.74) is 1.46. The third kappa shape index (κ3) is 5.23. The molecule has 0 bridgehead atoms. The molecule has 1 saturated heterocycles. The highest BCUT2D eigenvalue weighted by Crippen LogP contribution is 2.33. The Balaban J connectivity index is 1.30. The maximum atomic E-state index is 13.1. The molecule has 32 heavy (non-hydrogen) atoms. The summed E-state index contributed by atoms with van der Waals surface area (Å²) >= 11 is 18.0. The summed E-state index contributed by atoms with van der Waals surface area (Å²) in [6, 6.07) is 12.8. The van der Waals surface area contributed by atoms with Crippen LogP contribution >= 0.6 is 34.8 Å². The number of hydrogen-bond donors (Lipinski definition) is 0. The number of nitrogens with zero attached hydrogens (tertiary/aromatic N) is 4. The number of hydrogen-bond acceptors (Lipinski definition) is 5. The molecule has 1 aliphatic heterocycles. The van der Waals surface area contributed by atoms with Crippen molar-refractivity contribution in [1.82, 2.24) is 15.1 Å². The minimum atomic E-state index is -0.295. The number of halogens is 4. The molecular formula is C22H18Cl3FN4O2. The third-order valence-corrected chi connectivity index (χ3v) is 6.09. The maximum absolute atomic E-state index is 13.1. The van der Waals surface area contributed by atoms with Crippen molar-refractivity contribution < 1.29 is 13.9 Å². The zero-order chi connectivity index (χ0) is 22.7. The van der Waals surface area contributed by atoms with Crippen LogP contribution in [0.5, 0.6) is 5.75 Å². The van der Waals surface area contributed by atoms with Gasteiger partial charge in [0.25, 0.3) is 5.91 Å². The van der Waals surface area contributed by atoms with E-state index in [1.54, 1.807) is 17.0 Å². The number of piperazine rings is 1. The number of rotatable bonds is 5. The van der Waals surface area contributed by atoms with Crippen LogP contribution in [0, 0.1) is 5.82 Å². The molecule has 0 saturated carbocycles. The number of anilines is 1. The van der Waals surface area contributed by atoms with Crippen molar-refractivity contribution in [3.63, 3.8) is 0 Å². The fraction of sp³-hybridized carbons (Fsp3) is 0.227. The van der Waals surface area contributed by atoms with Gasteiger partial charge in [-0.15, -0.1) is 10.2 Å². The Labute approximate surface area is 199 Å². The molecule has 0 N–H and O–H groups in total. The van der Waals surface area contributed by atoms with Gasteiger partial charge in [0.05, 0.1) is 20.8 Å². The molecule has 0 aliphatic carbocycles. The van der Waals surface area contributed by atoms with Gasteiger partial charge in [0.15, 0.2) is 12.4 Å². The van der Waals surface area contributed by atoms with Gasteiger partial charge in [-0.3, -0.25) is 4.79 Å². The Morgan fingerprint density at radius 3 is 2.25 bits per heavy atom. The summed E-state index contributed by atoms with van der Waals surface area (Å²) in [4.78, 5) is 16.3. The first-order valence-corrected chi connectivity index (χ1v) is 10.9. The van der Waals surface area contributed by atoms with E-state index < -0.39 is 0 Å². The average molecular weight is 496 g/mol. The Hall–Kier alpha value is -2.61. The average Bonchev–Trinajstić information content (AvgIpc) is 2.81. The van der Waals surface area contributed by atoms with E-state index in [1.807, 2.05) is 12.1 Å². The summed E-state index contributed by atoms with van der Waals surface area (Å²) in [5, 5.41) is 9.45. The van der Waals surface area contributed by atoms with Crippen molar-refractivity contribution >= 4 is 46.5 Å². The number of ether oxygens (including phenoxy) is 1. The van der Waals surface area contributed by atoms with Crippen molar-refractivity contribution in [2.45, 2.75) is 0 Å². The second-order valence-corrected chi connectivity index (χ2v) is 8.36. The van der Waals surface area contributed by atoms with Crippen LogP contribution in [0.15, 0.2) is 48.5 Å². The molecule has 1 amide bonds. The Bertz CT molecular complexity index is 1110. The lowest BCUT2D eigenvalue weighted by molar-refractivity contribution is -0.133. The zero-order valence-corrected chi connectivity index (χ0v) is 19.0. The van der Waals surface area contributed by atoms with Crippen LogP contribution in [0.1, 0.15) is 0 Å². The van der Waals surface area contributed by atoms with Crippen LogP contribution in [-0.4, -0.2) is 53.8 Å². The third-order valence-electron chi connectivity index (χ3n) is 5.07. The van der Waals surface area contributed by atoms with Crippen LogP contribution in [0.25, 0.3) is 11.3 Å². The van der Waals surface area contributed by atoms with Crippen LogP contribution in [0.2, 0.25) is 15.1 Å². The van der Waals surface area contributed by atoms with Gasteiger partial charge in [0.1, 0.15) is 11.6 Å². The highest BCUT2D eigenvalue weighted by molar-refractivity contribution is 6.43. The normalized spacial score (nSPS) is 13.9. The number of carbonyl (C=O) groups is 1. The Morgan fingerprint density at radius 2 is 1.59 bits per heavy atom. The van der Waals surface area contributed by atoms with Gasteiger partial charge in [-0.2, -0.15) is 0 Å². The lowest BCUT2D eigenvalue weighted by Crippen LogP contribution is -2.50. The molecule has 1 fully saturated rings. The summed E-state index contributed by atoms with van der Waals surface area (Å²) in [6.07, 6.45) is 0. The van der Waals surface area contributed by atoms with E-state index in [0.29, 0.717) is 52.7 Å². The van der Waals surface area contributed by atoms with Gasteiger partial charge in [-0.05, 0) is 42.5 Å². The molecule has 10 heteroatoms. The molecule has 1 aromatic heterocycles. The number of amides is 1. The molecular weight excluding hydrogens is 478 g/mol. The van der Waals surface area contributed by atoms with Gasteiger partial charge in [-0.25, -0.2) is 4.39 Å². The maximum Gasteiger partial charge on any atom is 0.260 e. The van der Waals surface area contributed by atoms with Crippen LogP contribution in [-0.2, 0) is 4.79 Å². The van der Waals surface area contributed by atoms with Crippen molar-refractivity contribution in [2.75, 3.05) is 37.7 Å². The van der Waals surface area contributed by atoms with E-state index in [4.69, 9.17) is 39.5 Å². The van der Waals surface area contributed by atoms with E-state index in [9.17, 15) is 9.18 Å². The predicted octanol–water partition coefficient (Wildman–Crippen LogP) is 4.97. The highest BCUT2D eigenvalue weighted by atomic mass is 35.5. The van der Waals surface area contributed by atoms with Gasteiger partial charge >= 0.3 is 0 Å². The Morgan fingerprint density at radius 1 is 0.906 bits per heavy atom. The minimum Gasteiger partial charge on any atom is -0.482 e. The van der Waals surface area contributed by atoms with Crippen molar-refractivity contribution in [3.05, 3.63) is 69.4 Å². The van der Waals surface area contributed by atoms with E-state index in [2.05, 4.69) is 15.1 Å². The van der Waals surface area contributed by atoms with Crippen LogP contribution in [0.3, 0.4) is 0 Å². The van der Waals surface area contributed by atoms with Crippen molar-refractivity contribution in [2.24, 2.45) is 0 Å². The molecule has 3 aromatic rings. The van der Waals surface area contributed by atoms with Crippen LogP contribution < -0.4 is 9.64 Å². The molecule has 0 atom stereocenters. The predicted molar refractivity (Wildman–Crippen MR) is 123 cm³/mol. The number of aromatic nitrogens is 2. The molecule has 2 heterocycles. The van der Waals surface area contributed by atoms with Gasteiger partial charge in [0, 0.05) is 37.8 Å². The van der Waals surface area contributed by atoms with Crippen molar-refractivity contribution in [1.29, 1.82) is 0 Å². The Kier molecular flexibility index (Phi) is 6.98. The van der Waals surface area contributed by atoms with E-state index in [0.717, 1.165) is 11.4 Å². The first-order chi connectivity index (χ1) is 15.4. The number of benzene rings is 2. The van der Waals surface area contributed by atoms with Crippen molar-refractivity contribution in [3.8, 4) is 17.0 Å². The summed E-state index contributed by atoms with van der Waals surface area (Å²) in [6.45, 7) is 2.13. The molecule has 0 radical (unpaired) electrons. The molecule has 166 valence electrons. The fourth-order valence-electron chi connectivity index (χ4n) is 3.30. The van der Waals surface area contributed by atoms with E-state index in [-0.39, 0.29) is 18.3 Å². The molecule has 1 aliphatic rings. The van der Waals surface area contributed by atoms with E-state index >= 15 is 0 Å². The lowest BCUT2D eigenvalue weighted by atomic mass is 10.1. The molecule has 0 spiro atoms. The van der Waals surface area contributed by atoms with Gasteiger partial charge in [-0.1, -0.05) is 34.8 Å². The largest absolute Gasteiger partial charge is 0.482 e. The number of carbonyl (C=O) groups excluding carboxylic acids is 1. The van der Waals surface area contributed by atoms with Gasteiger partial charge in [0.2, 0.25) is 0 Å². The highest BCUT2D eigenvalue weighted by Gasteiger charge is 2.23. The fourth-order valence-corrected chi connectivity index (χ4v) is 3.89. The lowest BCUT2D eigenvalue weighted by Gasteiger charge is -2.35. The summed E-state index contributed by atoms with van der Waals surface area (Å²) < 4.78 is 18.6. The first kappa shape index (κ1) is 22.6.